The van der Waals surface area contributed by atoms with E-state index in [2.05, 4.69) is 46.8 Å². The van der Waals surface area contributed by atoms with Gasteiger partial charge in [0, 0.05) is 11.5 Å². The largest absolute Gasteiger partial charge is 0.294 e. The van der Waals surface area contributed by atoms with Gasteiger partial charge in [-0.05, 0) is 48.5 Å². The van der Waals surface area contributed by atoms with Gasteiger partial charge in [-0.1, -0.05) is 71.7 Å². The first-order valence-electron chi connectivity index (χ1n) is 9.57. The summed E-state index contributed by atoms with van der Waals surface area (Å²) in [4.78, 5) is 12.8. The standard InChI is InChI=1S/C22H34O/c1-6-19-9-13-21(14-10-19)22(23)18(5)17(4)20-11-7-15(2)16(3)8-12-20/h9-10,13-18,20H,6-8,11-12H2,1-5H3. The van der Waals surface area contributed by atoms with E-state index in [1.54, 1.807) is 0 Å². The topological polar surface area (TPSA) is 17.1 Å². The lowest BCUT2D eigenvalue weighted by molar-refractivity contribution is 0.0853. The van der Waals surface area contributed by atoms with Crippen molar-refractivity contribution in [2.75, 3.05) is 0 Å². The molecule has 0 amide bonds. The van der Waals surface area contributed by atoms with E-state index in [1.165, 1.54) is 31.2 Å². The molecule has 0 aromatic heterocycles. The van der Waals surface area contributed by atoms with Gasteiger partial charge >= 0.3 is 0 Å². The highest BCUT2D eigenvalue weighted by molar-refractivity contribution is 5.97. The van der Waals surface area contributed by atoms with Crippen LogP contribution in [-0.4, -0.2) is 5.78 Å². The summed E-state index contributed by atoms with van der Waals surface area (Å²) >= 11 is 0. The van der Waals surface area contributed by atoms with Crippen molar-refractivity contribution in [1.82, 2.24) is 0 Å². The monoisotopic (exact) mass is 314 g/mol. The Morgan fingerprint density at radius 3 is 2.00 bits per heavy atom. The molecule has 0 saturated heterocycles. The minimum atomic E-state index is 0.121. The number of Topliss-reactive ketones (excluding diaryl/α,β-unsaturated/α-hetero) is 1. The van der Waals surface area contributed by atoms with Crippen molar-refractivity contribution in [3.05, 3.63) is 35.4 Å². The van der Waals surface area contributed by atoms with E-state index in [1.807, 2.05) is 12.1 Å². The number of rotatable bonds is 5. The summed E-state index contributed by atoms with van der Waals surface area (Å²) in [7, 11) is 0. The van der Waals surface area contributed by atoms with E-state index >= 15 is 0 Å². The van der Waals surface area contributed by atoms with Crippen molar-refractivity contribution in [1.29, 1.82) is 0 Å². The molecule has 0 N–H and O–H groups in total. The summed E-state index contributed by atoms with van der Waals surface area (Å²) in [5.41, 5.74) is 2.19. The van der Waals surface area contributed by atoms with Crippen molar-refractivity contribution in [3.63, 3.8) is 0 Å². The molecule has 1 aromatic rings. The predicted octanol–water partition coefficient (Wildman–Crippen LogP) is 6.17. The van der Waals surface area contributed by atoms with Crippen LogP contribution in [0.25, 0.3) is 0 Å². The van der Waals surface area contributed by atoms with Gasteiger partial charge in [0.2, 0.25) is 0 Å². The number of hydrogen-bond donors (Lipinski definition) is 0. The van der Waals surface area contributed by atoms with Crippen LogP contribution in [0, 0.1) is 29.6 Å². The Morgan fingerprint density at radius 2 is 1.52 bits per heavy atom. The van der Waals surface area contributed by atoms with Crippen molar-refractivity contribution >= 4 is 5.78 Å². The highest BCUT2D eigenvalue weighted by Gasteiger charge is 2.30. The van der Waals surface area contributed by atoms with Crippen molar-refractivity contribution in [3.8, 4) is 0 Å². The van der Waals surface area contributed by atoms with Crippen LogP contribution in [0.15, 0.2) is 24.3 Å². The lowest BCUT2D eigenvalue weighted by Gasteiger charge is -2.27. The van der Waals surface area contributed by atoms with Gasteiger partial charge in [0.25, 0.3) is 0 Å². The molecule has 0 bridgehead atoms. The molecule has 1 nitrogen and oxygen atoms in total. The van der Waals surface area contributed by atoms with Crippen LogP contribution in [0.1, 0.15) is 76.2 Å². The summed E-state index contributed by atoms with van der Waals surface area (Å²) in [6.07, 6.45) is 6.25. The van der Waals surface area contributed by atoms with Crippen LogP contribution >= 0.6 is 0 Å². The molecular formula is C22H34O. The van der Waals surface area contributed by atoms with E-state index in [0.29, 0.717) is 17.6 Å². The second-order valence-corrected chi connectivity index (χ2v) is 7.93. The molecule has 1 fully saturated rings. The third-order valence-corrected chi connectivity index (χ3v) is 6.55. The molecule has 0 aliphatic heterocycles. The molecule has 0 spiro atoms. The number of benzene rings is 1. The zero-order valence-electron chi connectivity index (χ0n) is 15.6. The normalized spacial score (nSPS) is 28.0. The van der Waals surface area contributed by atoms with Crippen LogP contribution in [-0.2, 0) is 6.42 Å². The smallest absolute Gasteiger partial charge is 0.165 e. The summed E-state index contributed by atoms with van der Waals surface area (Å²) < 4.78 is 0. The van der Waals surface area contributed by atoms with Gasteiger partial charge in [-0.25, -0.2) is 0 Å². The first kappa shape index (κ1) is 18.2. The molecule has 1 aromatic carbocycles. The van der Waals surface area contributed by atoms with Gasteiger partial charge in [0.05, 0.1) is 0 Å². The fourth-order valence-electron chi connectivity index (χ4n) is 4.01. The molecule has 1 heteroatoms. The van der Waals surface area contributed by atoms with E-state index in [4.69, 9.17) is 0 Å². The van der Waals surface area contributed by atoms with Gasteiger partial charge in [0.15, 0.2) is 5.78 Å². The van der Waals surface area contributed by atoms with Crippen LogP contribution < -0.4 is 0 Å². The Labute approximate surface area is 142 Å². The highest BCUT2D eigenvalue weighted by Crippen LogP contribution is 2.38. The Morgan fingerprint density at radius 1 is 1.00 bits per heavy atom. The second kappa shape index (κ2) is 8.13. The number of carbonyl (C=O) groups excluding carboxylic acids is 1. The van der Waals surface area contributed by atoms with Gasteiger partial charge in [0.1, 0.15) is 0 Å². The molecule has 0 heterocycles. The zero-order valence-corrected chi connectivity index (χ0v) is 15.6. The zero-order chi connectivity index (χ0) is 17.0. The minimum absolute atomic E-state index is 0.121. The Balaban J connectivity index is 2.02. The molecule has 1 saturated carbocycles. The first-order valence-corrected chi connectivity index (χ1v) is 9.57. The van der Waals surface area contributed by atoms with Crippen LogP contribution in [0.4, 0.5) is 0 Å². The number of ketones is 1. The Bertz CT molecular complexity index is 489. The van der Waals surface area contributed by atoms with Crippen LogP contribution in [0.5, 0.6) is 0 Å². The maximum absolute atomic E-state index is 12.8. The summed E-state index contributed by atoms with van der Waals surface area (Å²) in [5.74, 6) is 3.29. The SMILES string of the molecule is CCc1ccc(C(=O)C(C)C(C)C2CCC(C)C(C)CC2)cc1. The van der Waals surface area contributed by atoms with Gasteiger partial charge in [-0.15, -0.1) is 0 Å². The van der Waals surface area contributed by atoms with E-state index < -0.39 is 0 Å². The van der Waals surface area contributed by atoms with Crippen LogP contribution in [0.2, 0.25) is 0 Å². The molecule has 0 radical (unpaired) electrons. The summed E-state index contributed by atoms with van der Waals surface area (Å²) in [6, 6.07) is 8.22. The molecular weight excluding hydrogens is 280 g/mol. The summed E-state index contributed by atoms with van der Waals surface area (Å²) in [5, 5.41) is 0. The fourth-order valence-corrected chi connectivity index (χ4v) is 4.01. The molecule has 23 heavy (non-hydrogen) atoms. The first-order chi connectivity index (χ1) is 10.9. The highest BCUT2D eigenvalue weighted by atomic mass is 16.1. The molecule has 1 aliphatic rings. The maximum Gasteiger partial charge on any atom is 0.165 e. The van der Waals surface area contributed by atoms with Crippen molar-refractivity contribution < 1.29 is 4.79 Å². The molecule has 4 atom stereocenters. The maximum atomic E-state index is 12.8. The second-order valence-electron chi connectivity index (χ2n) is 7.93. The Hall–Kier alpha value is -1.11. The molecule has 128 valence electrons. The Kier molecular flexibility index (Phi) is 6.44. The van der Waals surface area contributed by atoms with Crippen LogP contribution in [0.3, 0.4) is 0 Å². The number of aryl methyl sites for hydroxylation is 1. The third-order valence-electron chi connectivity index (χ3n) is 6.55. The van der Waals surface area contributed by atoms with E-state index in [9.17, 15) is 4.79 Å². The van der Waals surface area contributed by atoms with E-state index in [0.717, 1.165) is 23.8 Å². The van der Waals surface area contributed by atoms with Crippen molar-refractivity contribution in [2.45, 2.75) is 66.7 Å². The number of carbonyl (C=O) groups is 1. The summed E-state index contributed by atoms with van der Waals surface area (Å²) in [6.45, 7) is 11.4. The van der Waals surface area contributed by atoms with Gasteiger partial charge < -0.3 is 0 Å². The minimum Gasteiger partial charge on any atom is -0.294 e. The van der Waals surface area contributed by atoms with Gasteiger partial charge in [-0.3, -0.25) is 4.79 Å². The van der Waals surface area contributed by atoms with Gasteiger partial charge in [-0.2, -0.15) is 0 Å². The number of hydrogen-bond acceptors (Lipinski definition) is 1. The average Bonchev–Trinajstić information content (AvgIpc) is 2.75. The molecule has 2 rings (SSSR count). The van der Waals surface area contributed by atoms with E-state index in [-0.39, 0.29) is 5.92 Å². The fraction of sp³-hybridized carbons (Fsp3) is 0.682. The lowest BCUT2D eigenvalue weighted by Crippen LogP contribution is -2.25. The quantitative estimate of drug-likeness (QED) is 0.469. The molecule has 1 aliphatic carbocycles. The third kappa shape index (κ3) is 4.46. The molecule has 4 unspecified atom stereocenters. The van der Waals surface area contributed by atoms with Crippen molar-refractivity contribution in [2.24, 2.45) is 29.6 Å². The predicted molar refractivity (Wildman–Crippen MR) is 98.8 cm³/mol. The lowest BCUT2D eigenvalue weighted by atomic mass is 9.76. The average molecular weight is 315 g/mol.